The number of alkyl halides is 1. The summed E-state index contributed by atoms with van der Waals surface area (Å²) in [6, 6.07) is 7.80. The molecule has 19 heavy (non-hydrogen) atoms. The zero-order chi connectivity index (χ0) is 13.8. The van der Waals surface area contributed by atoms with Crippen LogP contribution < -0.4 is 9.47 Å². The molecule has 0 radical (unpaired) electrons. The predicted molar refractivity (Wildman–Crippen MR) is 78.4 cm³/mol. The molecule has 1 atom stereocenters. The zero-order valence-electron chi connectivity index (χ0n) is 11.3. The Hall–Kier alpha value is -1.42. The zero-order valence-corrected chi connectivity index (χ0v) is 12.9. The summed E-state index contributed by atoms with van der Waals surface area (Å²) in [5.74, 6) is 2.56. The van der Waals surface area contributed by atoms with E-state index in [1.165, 1.54) is 0 Å². The van der Waals surface area contributed by atoms with Crippen LogP contribution >= 0.6 is 15.9 Å². The van der Waals surface area contributed by atoms with Gasteiger partial charge in [-0.3, -0.25) is 0 Å². The van der Waals surface area contributed by atoms with Gasteiger partial charge in [0.2, 0.25) is 0 Å². The average molecular weight is 325 g/mol. The number of methoxy groups -OCH3 is 2. The molecule has 0 saturated carbocycles. The number of hydrogen-bond donors (Lipinski definition) is 0. The Morgan fingerprint density at radius 3 is 2.58 bits per heavy atom. The number of ether oxygens (including phenoxy) is 2. The van der Waals surface area contributed by atoms with Crippen LogP contribution in [-0.2, 0) is 6.42 Å². The highest BCUT2D eigenvalue weighted by molar-refractivity contribution is 9.09. The van der Waals surface area contributed by atoms with Crippen molar-refractivity contribution in [3.8, 4) is 11.5 Å². The highest BCUT2D eigenvalue weighted by atomic mass is 79.9. The molecular weight excluding hydrogens is 308 g/mol. The van der Waals surface area contributed by atoms with Gasteiger partial charge in [0.25, 0.3) is 0 Å². The van der Waals surface area contributed by atoms with Crippen molar-refractivity contribution in [1.82, 2.24) is 0 Å². The molecule has 0 fully saturated rings. The van der Waals surface area contributed by atoms with Crippen LogP contribution in [0.5, 0.6) is 11.5 Å². The monoisotopic (exact) mass is 324 g/mol. The van der Waals surface area contributed by atoms with E-state index in [1.54, 1.807) is 20.5 Å². The van der Waals surface area contributed by atoms with E-state index in [0.29, 0.717) is 0 Å². The van der Waals surface area contributed by atoms with Crippen LogP contribution in [-0.4, -0.2) is 14.2 Å². The number of furan rings is 1. The maximum atomic E-state index is 5.48. The number of benzene rings is 1. The molecule has 1 heterocycles. The summed E-state index contributed by atoms with van der Waals surface area (Å²) in [6.45, 7) is 2.08. The maximum absolute atomic E-state index is 5.48. The van der Waals surface area contributed by atoms with Crippen LogP contribution in [0.4, 0.5) is 0 Å². The van der Waals surface area contributed by atoms with Crippen molar-refractivity contribution in [2.75, 3.05) is 14.2 Å². The van der Waals surface area contributed by atoms with Crippen molar-refractivity contribution in [2.24, 2.45) is 0 Å². The fraction of sp³-hybridized carbons (Fsp3) is 0.333. The molecule has 0 aliphatic heterocycles. The highest BCUT2D eigenvalue weighted by Crippen LogP contribution is 2.40. The lowest BCUT2D eigenvalue weighted by Crippen LogP contribution is -1.99. The van der Waals surface area contributed by atoms with Crippen molar-refractivity contribution in [1.29, 1.82) is 0 Å². The molecule has 0 amide bonds. The lowest BCUT2D eigenvalue weighted by molar-refractivity contribution is 0.391. The van der Waals surface area contributed by atoms with E-state index in [-0.39, 0.29) is 4.83 Å². The molecule has 0 N–H and O–H groups in total. The van der Waals surface area contributed by atoms with Crippen LogP contribution in [0.25, 0.3) is 0 Å². The summed E-state index contributed by atoms with van der Waals surface area (Å²) in [5.41, 5.74) is 2.19. The van der Waals surface area contributed by atoms with Gasteiger partial charge in [-0.2, -0.15) is 0 Å². The molecule has 102 valence electrons. The van der Waals surface area contributed by atoms with Crippen molar-refractivity contribution in [3.63, 3.8) is 0 Å². The first-order chi connectivity index (χ1) is 9.21. The van der Waals surface area contributed by atoms with Crippen LogP contribution in [0.15, 0.2) is 34.9 Å². The first kappa shape index (κ1) is 14.0. The third kappa shape index (κ3) is 2.78. The second kappa shape index (κ2) is 6.15. The molecule has 1 aromatic carbocycles. The van der Waals surface area contributed by atoms with Gasteiger partial charge in [-0.1, -0.05) is 28.9 Å². The third-order valence-electron chi connectivity index (χ3n) is 3.09. The summed E-state index contributed by atoms with van der Waals surface area (Å²) in [7, 11) is 3.30. The number of hydrogen-bond acceptors (Lipinski definition) is 3. The largest absolute Gasteiger partial charge is 0.497 e. The van der Waals surface area contributed by atoms with Gasteiger partial charge in [0.1, 0.15) is 17.3 Å². The third-order valence-corrected chi connectivity index (χ3v) is 4.07. The Balaban J connectivity index is 2.41. The number of halogens is 1. The Labute approximate surface area is 121 Å². The van der Waals surface area contributed by atoms with E-state index in [4.69, 9.17) is 13.9 Å². The van der Waals surface area contributed by atoms with Crippen molar-refractivity contribution < 1.29 is 13.9 Å². The Kier molecular flexibility index (Phi) is 4.53. The molecule has 0 bridgehead atoms. The second-order valence-electron chi connectivity index (χ2n) is 4.12. The van der Waals surface area contributed by atoms with Gasteiger partial charge in [0, 0.05) is 23.6 Å². The normalized spacial score (nSPS) is 12.2. The fourth-order valence-corrected chi connectivity index (χ4v) is 2.85. The van der Waals surface area contributed by atoms with Crippen molar-refractivity contribution in [3.05, 3.63) is 47.4 Å². The minimum Gasteiger partial charge on any atom is -0.497 e. The number of rotatable bonds is 5. The Morgan fingerprint density at radius 1 is 1.16 bits per heavy atom. The molecule has 0 saturated heterocycles. The van der Waals surface area contributed by atoms with E-state index < -0.39 is 0 Å². The van der Waals surface area contributed by atoms with E-state index in [2.05, 4.69) is 22.9 Å². The summed E-state index contributed by atoms with van der Waals surface area (Å²) in [5, 5.41) is 0. The van der Waals surface area contributed by atoms with Crippen LogP contribution in [0.1, 0.15) is 28.6 Å². The van der Waals surface area contributed by atoms with Crippen LogP contribution in [0.2, 0.25) is 0 Å². The molecule has 1 unspecified atom stereocenters. The van der Waals surface area contributed by atoms with Crippen molar-refractivity contribution >= 4 is 15.9 Å². The van der Waals surface area contributed by atoms with Gasteiger partial charge >= 0.3 is 0 Å². The Bertz CT molecular complexity index is 548. The molecule has 0 spiro atoms. The predicted octanol–water partition coefficient (Wildman–Crippen LogP) is 4.34. The lowest BCUT2D eigenvalue weighted by Gasteiger charge is -2.15. The molecule has 3 nitrogen and oxygen atoms in total. The van der Waals surface area contributed by atoms with Crippen LogP contribution in [0, 0.1) is 0 Å². The standard InChI is InChI=1S/C15H17BrO3/c1-4-13-12(7-8-19-13)15(16)11-6-5-10(17-2)9-14(11)18-3/h5-9,15H,4H2,1-3H3. The number of aryl methyl sites for hydroxylation is 1. The lowest BCUT2D eigenvalue weighted by atomic mass is 10.0. The minimum atomic E-state index is 0.0436. The average Bonchev–Trinajstić information content (AvgIpc) is 2.94. The molecule has 1 aromatic heterocycles. The highest BCUT2D eigenvalue weighted by Gasteiger charge is 2.20. The molecule has 2 rings (SSSR count). The smallest absolute Gasteiger partial charge is 0.127 e. The molecule has 0 aliphatic rings. The van der Waals surface area contributed by atoms with Gasteiger partial charge in [-0.25, -0.2) is 0 Å². The second-order valence-corrected chi connectivity index (χ2v) is 5.04. The summed E-state index contributed by atoms with van der Waals surface area (Å²) in [4.78, 5) is 0.0436. The Morgan fingerprint density at radius 2 is 1.95 bits per heavy atom. The SMILES string of the molecule is CCc1occc1C(Br)c1ccc(OC)cc1OC. The summed E-state index contributed by atoms with van der Waals surface area (Å²) >= 11 is 3.72. The van der Waals surface area contributed by atoms with Gasteiger partial charge in [0.05, 0.1) is 25.3 Å². The van der Waals surface area contributed by atoms with Gasteiger partial charge < -0.3 is 13.9 Å². The minimum absolute atomic E-state index is 0.0436. The van der Waals surface area contributed by atoms with E-state index in [0.717, 1.165) is 34.8 Å². The molecular formula is C15H17BrO3. The van der Waals surface area contributed by atoms with E-state index in [1.807, 2.05) is 24.3 Å². The summed E-state index contributed by atoms with van der Waals surface area (Å²) < 4.78 is 16.1. The fourth-order valence-electron chi connectivity index (χ4n) is 2.06. The van der Waals surface area contributed by atoms with E-state index in [9.17, 15) is 0 Å². The van der Waals surface area contributed by atoms with E-state index >= 15 is 0 Å². The van der Waals surface area contributed by atoms with Crippen LogP contribution in [0.3, 0.4) is 0 Å². The summed E-state index contributed by atoms with van der Waals surface area (Å²) in [6.07, 6.45) is 2.58. The quantitative estimate of drug-likeness (QED) is 0.766. The first-order valence-electron chi connectivity index (χ1n) is 6.13. The van der Waals surface area contributed by atoms with Gasteiger partial charge in [-0.15, -0.1) is 0 Å². The first-order valence-corrected chi connectivity index (χ1v) is 7.05. The van der Waals surface area contributed by atoms with Crippen molar-refractivity contribution in [2.45, 2.75) is 18.2 Å². The molecule has 2 aromatic rings. The van der Waals surface area contributed by atoms with Gasteiger partial charge in [-0.05, 0) is 12.1 Å². The van der Waals surface area contributed by atoms with Gasteiger partial charge in [0.15, 0.2) is 0 Å². The topological polar surface area (TPSA) is 31.6 Å². The molecule has 4 heteroatoms. The maximum Gasteiger partial charge on any atom is 0.127 e. The molecule has 0 aliphatic carbocycles.